The van der Waals surface area contributed by atoms with Gasteiger partial charge in [0.25, 0.3) is 0 Å². The van der Waals surface area contributed by atoms with E-state index in [0.717, 1.165) is 12.1 Å². The monoisotopic (exact) mass is 285 g/mol. The van der Waals surface area contributed by atoms with Gasteiger partial charge in [-0.2, -0.15) is 0 Å². The van der Waals surface area contributed by atoms with Crippen molar-refractivity contribution in [1.29, 1.82) is 5.41 Å². The van der Waals surface area contributed by atoms with Gasteiger partial charge in [0.15, 0.2) is 0 Å². The molecule has 0 bridgehead atoms. The highest BCUT2D eigenvalue weighted by Gasteiger charge is 2.22. The van der Waals surface area contributed by atoms with Gasteiger partial charge in [-0.3, -0.25) is 5.41 Å². The topological polar surface area (TPSA) is 90.4 Å². The van der Waals surface area contributed by atoms with Crippen LogP contribution in [0, 0.1) is 5.41 Å². The molecular formula is C13H20ClN3O2. The fourth-order valence-electron chi connectivity index (χ4n) is 1.83. The molecule has 0 saturated heterocycles. The first-order chi connectivity index (χ1) is 8.47. The summed E-state index contributed by atoms with van der Waals surface area (Å²) in [5, 5.41) is 16.6. The van der Waals surface area contributed by atoms with E-state index in [1.54, 1.807) is 30.1 Å². The summed E-state index contributed by atoms with van der Waals surface area (Å²) in [7, 11) is 1.74. The molecule has 0 unspecified atom stereocenters. The van der Waals surface area contributed by atoms with Gasteiger partial charge >= 0.3 is 5.97 Å². The highest BCUT2D eigenvalue weighted by atomic mass is 35.5. The average Bonchev–Trinajstić information content (AvgIpc) is 2.35. The van der Waals surface area contributed by atoms with E-state index in [2.05, 4.69) is 0 Å². The van der Waals surface area contributed by atoms with Crippen LogP contribution < -0.4 is 10.6 Å². The molecule has 1 rings (SSSR count). The molecule has 0 aliphatic heterocycles. The van der Waals surface area contributed by atoms with Crippen molar-refractivity contribution in [2.75, 3.05) is 11.9 Å². The van der Waals surface area contributed by atoms with E-state index < -0.39 is 12.0 Å². The lowest BCUT2D eigenvalue weighted by Crippen LogP contribution is -2.38. The van der Waals surface area contributed by atoms with Crippen molar-refractivity contribution in [2.45, 2.75) is 25.8 Å². The number of rotatable bonds is 6. The zero-order valence-corrected chi connectivity index (χ0v) is 11.9. The van der Waals surface area contributed by atoms with Crippen LogP contribution in [0.4, 0.5) is 5.69 Å². The Hall–Kier alpha value is -1.75. The van der Waals surface area contributed by atoms with E-state index in [4.69, 9.17) is 11.1 Å². The van der Waals surface area contributed by atoms with Crippen molar-refractivity contribution < 1.29 is 9.90 Å². The van der Waals surface area contributed by atoms with Gasteiger partial charge < -0.3 is 15.7 Å². The largest absolute Gasteiger partial charge is 0.480 e. The molecule has 0 saturated carbocycles. The lowest BCUT2D eigenvalue weighted by Gasteiger charge is -2.26. The first-order valence-electron chi connectivity index (χ1n) is 5.87. The van der Waals surface area contributed by atoms with Crippen molar-refractivity contribution in [2.24, 2.45) is 5.73 Å². The normalized spacial score (nSPS) is 11.3. The zero-order valence-electron chi connectivity index (χ0n) is 11.1. The number of halogens is 1. The number of amidine groups is 1. The molecule has 1 aromatic rings. The third kappa shape index (κ3) is 4.44. The summed E-state index contributed by atoms with van der Waals surface area (Å²) in [5.41, 5.74) is 6.78. The summed E-state index contributed by atoms with van der Waals surface area (Å²) in [6.45, 7) is 1.95. The Morgan fingerprint density at radius 3 is 2.63 bits per heavy atom. The van der Waals surface area contributed by atoms with E-state index >= 15 is 0 Å². The van der Waals surface area contributed by atoms with Crippen molar-refractivity contribution in [3.05, 3.63) is 29.8 Å². The molecule has 0 fully saturated rings. The molecule has 5 nitrogen and oxygen atoms in total. The molecule has 1 atom stereocenters. The fourth-order valence-corrected chi connectivity index (χ4v) is 1.83. The molecule has 0 heterocycles. The lowest BCUT2D eigenvalue weighted by molar-refractivity contribution is -0.138. The van der Waals surface area contributed by atoms with Gasteiger partial charge in [0.1, 0.15) is 11.9 Å². The first-order valence-corrected chi connectivity index (χ1v) is 5.87. The highest BCUT2D eigenvalue weighted by molar-refractivity contribution is 5.96. The van der Waals surface area contributed by atoms with Crippen LogP contribution >= 0.6 is 12.4 Å². The molecule has 4 N–H and O–H groups in total. The van der Waals surface area contributed by atoms with Gasteiger partial charge in [0.2, 0.25) is 0 Å². The van der Waals surface area contributed by atoms with Crippen molar-refractivity contribution in [3.8, 4) is 0 Å². The predicted octanol–water partition coefficient (Wildman–Crippen LogP) is 2.08. The molecule has 1 aromatic carbocycles. The van der Waals surface area contributed by atoms with Crippen molar-refractivity contribution in [3.63, 3.8) is 0 Å². The molecule has 0 aliphatic rings. The second-order valence-corrected chi connectivity index (χ2v) is 4.22. The van der Waals surface area contributed by atoms with Crippen LogP contribution in [0.2, 0.25) is 0 Å². The Morgan fingerprint density at radius 2 is 2.16 bits per heavy atom. The molecule has 0 aromatic heterocycles. The molecule has 19 heavy (non-hydrogen) atoms. The maximum atomic E-state index is 11.2. The minimum absolute atomic E-state index is 0. The molecule has 0 amide bonds. The molecule has 0 radical (unpaired) electrons. The van der Waals surface area contributed by atoms with Crippen LogP contribution in [0.3, 0.4) is 0 Å². The van der Waals surface area contributed by atoms with Crippen LogP contribution in [-0.2, 0) is 4.79 Å². The van der Waals surface area contributed by atoms with E-state index in [9.17, 15) is 9.90 Å². The van der Waals surface area contributed by atoms with Gasteiger partial charge in [-0.15, -0.1) is 12.4 Å². The number of nitrogens with two attached hydrogens (primary N) is 1. The Labute approximate surface area is 119 Å². The number of nitrogens with zero attached hydrogens (tertiary/aromatic N) is 1. The Kier molecular flexibility index (Phi) is 6.93. The quantitative estimate of drug-likeness (QED) is 0.551. The molecule has 6 heteroatoms. The molecular weight excluding hydrogens is 266 g/mol. The van der Waals surface area contributed by atoms with Crippen LogP contribution in [0.1, 0.15) is 25.3 Å². The molecule has 0 aliphatic carbocycles. The summed E-state index contributed by atoms with van der Waals surface area (Å²) < 4.78 is 0. The van der Waals surface area contributed by atoms with E-state index in [1.165, 1.54) is 0 Å². The third-order valence-corrected chi connectivity index (χ3v) is 2.88. The van der Waals surface area contributed by atoms with Crippen LogP contribution in [-0.4, -0.2) is 30.0 Å². The van der Waals surface area contributed by atoms with Gasteiger partial charge in [-0.05, 0) is 18.6 Å². The molecule has 0 spiro atoms. The number of benzene rings is 1. The lowest BCUT2D eigenvalue weighted by atomic mass is 10.1. The summed E-state index contributed by atoms with van der Waals surface area (Å²) in [6, 6.07) is 6.49. The SMILES string of the molecule is CCC[C@@H](C(=O)O)N(C)c1cccc(C(=N)N)c1.Cl. The summed E-state index contributed by atoms with van der Waals surface area (Å²) in [5.74, 6) is -0.861. The molecule has 106 valence electrons. The Bertz CT molecular complexity index is 451. The van der Waals surface area contributed by atoms with Crippen molar-refractivity contribution >= 4 is 29.9 Å². The maximum Gasteiger partial charge on any atom is 0.326 e. The number of nitrogens with one attached hydrogen (secondary N) is 1. The second kappa shape index (κ2) is 7.63. The highest BCUT2D eigenvalue weighted by Crippen LogP contribution is 2.19. The van der Waals surface area contributed by atoms with Gasteiger partial charge in [0.05, 0.1) is 0 Å². The number of nitrogen functional groups attached to an aromatic ring is 1. The number of aliphatic carboxylic acids is 1. The van der Waals surface area contributed by atoms with E-state index in [-0.39, 0.29) is 18.2 Å². The number of likely N-dealkylation sites (N-methyl/N-ethyl adjacent to an activating group) is 1. The summed E-state index contributed by atoms with van der Waals surface area (Å²) in [6.07, 6.45) is 1.38. The second-order valence-electron chi connectivity index (χ2n) is 4.22. The third-order valence-electron chi connectivity index (χ3n) is 2.88. The minimum atomic E-state index is -0.840. The minimum Gasteiger partial charge on any atom is -0.480 e. The number of carbonyl (C=O) groups is 1. The Balaban J connectivity index is 0.00000324. The fraction of sp³-hybridized carbons (Fsp3) is 0.385. The summed E-state index contributed by atoms with van der Waals surface area (Å²) >= 11 is 0. The number of hydrogen-bond donors (Lipinski definition) is 3. The van der Waals surface area contributed by atoms with Gasteiger partial charge in [0, 0.05) is 18.3 Å². The van der Waals surface area contributed by atoms with Gasteiger partial charge in [-0.1, -0.05) is 25.5 Å². The van der Waals surface area contributed by atoms with Crippen LogP contribution in [0.5, 0.6) is 0 Å². The Morgan fingerprint density at radius 1 is 1.53 bits per heavy atom. The number of hydrogen-bond acceptors (Lipinski definition) is 3. The zero-order chi connectivity index (χ0) is 13.7. The maximum absolute atomic E-state index is 11.2. The van der Waals surface area contributed by atoms with Crippen molar-refractivity contribution in [1.82, 2.24) is 0 Å². The standard InChI is InChI=1S/C13H19N3O2.ClH/c1-3-5-11(13(17)18)16(2)10-7-4-6-9(8-10)12(14)15;/h4,6-8,11H,3,5H2,1-2H3,(H3,14,15)(H,17,18);1H/t11-;/m0./s1. The first kappa shape index (κ1) is 17.2. The van der Waals surface area contributed by atoms with Crippen LogP contribution in [0.15, 0.2) is 24.3 Å². The average molecular weight is 286 g/mol. The predicted molar refractivity (Wildman–Crippen MR) is 79.4 cm³/mol. The summed E-state index contributed by atoms with van der Waals surface area (Å²) in [4.78, 5) is 12.9. The van der Waals surface area contributed by atoms with Gasteiger partial charge in [-0.25, -0.2) is 4.79 Å². The number of anilines is 1. The number of carboxylic acid groups (broad SMARTS) is 1. The van der Waals surface area contributed by atoms with E-state index in [0.29, 0.717) is 12.0 Å². The van der Waals surface area contributed by atoms with E-state index in [1.807, 2.05) is 13.0 Å². The smallest absolute Gasteiger partial charge is 0.326 e. The number of carboxylic acids is 1. The van der Waals surface area contributed by atoms with Crippen LogP contribution in [0.25, 0.3) is 0 Å².